The lowest BCUT2D eigenvalue weighted by Gasteiger charge is -2.35. The van der Waals surface area contributed by atoms with Crippen LogP contribution in [0.5, 0.6) is 11.5 Å². The van der Waals surface area contributed by atoms with Crippen molar-refractivity contribution in [1.82, 2.24) is 4.90 Å². The minimum atomic E-state index is -0.305. The normalized spacial score (nSPS) is 14.7. The maximum absolute atomic E-state index is 12.9. The van der Waals surface area contributed by atoms with Gasteiger partial charge in [-0.1, -0.05) is 23.2 Å². The molecule has 1 aliphatic heterocycles. The van der Waals surface area contributed by atoms with E-state index < -0.39 is 0 Å². The van der Waals surface area contributed by atoms with E-state index in [-0.39, 0.29) is 5.91 Å². The van der Waals surface area contributed by atoms with Crippen LogP contribution in [-0.4, -0.2) is 58.3 Å². The molecule has 3 rings (SSSR count). The average Bonchev–Trinajstić information content (AvgIpc) is 2.68. The molecule has 0 radical (unpaired) electrons. The van der Waals surface area contributed by atoms with Gasteiger partial charge in [-0.25, -0.2) is 0 Å². The van der Waals surface area contributed by atoms with Gasteiger partial charge in [-0.3, -0.25) is 4.79 Å². The van der Waals surface area contributed by atoms with Gasteiger partial charge in [0.25, 0.3) is 5.91 Å². The van der Waals surface area contributed by atoms with Crippen LogP contribution in [0.3, 0.4) is 0 Å². The topological polar surface area (TPSA) is 54.0 Å². The Morgan fingerprint density at radius 1 is 1.04 bits per heavy atom. The second kappa shape index (κ2) is 8.90. The third kappa shape index (κ3) is 4.46. The number of nitrogens with zero attached hydrogens (tertiary/aromatic N) is 2. The maximum atomic E-state index is 12.9. The summed E-state index contributed by atoms with van der Waals surface area (Å²) < 4.78 is 10.5. The van der Waals surface area contributed by atoms with Crippen molar-refractivity contribution < 1.29 is 14.3 Å². The number of halogens is 2. The molecule has 0 aromatic heterocycles. The molecule has 0 saturated carbocycles. The van der Waals surface area contributed by atoms with Gasteiger partial charge >= 0.3 is 0 Å². The third-order valence-electron chi connectivity index (χ3n) is 4.75. The number of hydrogen-bond donors (Lipinski definition) is 1. The zero-order valence-corrected chi connectivity index (χ0v) is 17.6. The summed E-state index contributed by atoms with van der Waals surface area (Å²) in [4.78, 5) is 17.4. The minimum Gasteiger partial charge on any atom is -0.493 e. The van der Waals surface area contributed by atoms with Crippen LogP contribution in [-0.2, 0) is 0 Å². The number of piperazine rings is 1. The molecule has 8 heteroatoms. The van der Waals surface area contributed by atoms with Crippen molar-refractivity contribution in [2.24, 2.45) is 0 Å². The van der Waals surface area contributed by atoms with E-state index in [9.17, 15) is 4.79 Å². The number of hydrogen-bond acceptors (Lipinski definition) is 5. The fraction of sp³-hybridized carbons (Fsp3) is 0.350. The van der Waals surface area contributed by atoms with Gasteiger partial charge in [-0.15, -0.1) is 0 Å². The molecule has 6 nitrogen and oxygen atoms in total. The molecule has 1 saturated heterocycles. The molecule has 1 amide bonds. The van der Waals surface area contributed by atoms with Crippen LogP contribution < -0.4 is 19.7 Å². The monoisotopic (exact) mass is 423 g/mol. The van der Waals surface area contributed by atoms with Gasteiger partial charge in [0, 0.05) is 36.8 Å². The summed E-state index contributed by atoms with van der Waals surface area (Å²) in [5.41, 5.74) is 1.97. The molecule has 2 aromatic carbocycles. The van der Waals surface area contributed by atoms with E-state index >= 15 is 0 Å². The van der Waals surface area contributed by atoms with Gasteiger partial charge < -0.3 is 24.6 Å². The van der Waals surface area contributed by atoms with Crippen LogP contribution in [0.2, 0.25) is 10.0 Å². The number of ether oxygens (including phenoxy) is 2. The lowest BCUT2D eigenvalue weighted by Crippen LogP contribution is -2.44. The molecule has 0 unspecified atom stereocenters. The summed E-state index contributed by atoms with van der Waals surface area (Å²) in [6.45, 7) is 3.68. The van der Waals surface area contributed by atoms with E-state index in [1.54, 1.807) is 18.2 Å². The first-order valence-electron chi connectivity index (χ1n) is 8.89. The molecule has 1 heterocycles. The predicted octanol–water partition coefficient (Wildman–Crippen LogP) is 4.01. The van der Waals surface area contributed by atoms with Gasteiger partial charge in [0.2, 0.25) is 0 Å². The highest BCUT2D eigenvalue weighted by Gasteiger charge is 2.20. The molecule has 0 spiro atoms. The summed E-state index contributed by atoms with van der Waals surface area (Å²) >= 11 is 12.4. The van der Waals surface area contributed by atoms with Gasteiger partial charge in [0.05, 0.1) is 30.6 Å². The Kier molecular flexibility index (Phi) is 6.54. The van der Waals surface area contributed by atoms with Crippen molar-refractivity contribution in [3.05, 3.63) is 45.9 Å². The molecule has 1 N–H and O–H groups in total. The van der Waals surface area contributed by atoms with E-state index in [0.717, 1.165) is 31.9 Å². The second-order valence-corrected chi connectivity index (χ2v) is 7.44. The fourth-order valence-corrected chi connectivity index (χ4v) is 3.63. The Morgan fingerprint density at radius 2 is 1.75 bits per heavy atom. The summed E-state index contributed by atoms with van der Waals surface area (Å²) in [5.74, 6) is 0.479. The first-order chi connectivity index (χ1) is 13.4. The fourth-order valence-electron chi connectivity index (χ4n) is 3.17. The highest BCUT2D eigenvalue weighted by Crippen LogP contribution is 2.37. The van der Waals surface area contributed by atoms with E-state index in [0.29, 0.717) is 32.8 Å². The number of carbonyl (C=O) groups is 1. The number of anilines is 2. The lowest BCUT2D eigenvalue weighted by molar-refractivity contribution is 0.102. The van der Waals surface area contributed by atoms with Gasteiger partial charge in [-0.05, 0) is 37.4 Å². The van der Waals surface area contributed by atoms with Crippen molar-refractivity contribution in [2.45, 2.75) is 0 Å². The smallest absolute Gasteiger partial charge is 0.255 e. The molecule has 0 atom stereocenters. The number of likely N-dealkylation sites (N-methyl/N-ethyl adjacent to an activating group) is 1. The number of amides is 1. The number of rotatable bonds is 5. The quantitative estimate of drug-likeness (QED) is 0.786. The second-order valence-electron chi connectivity index (χ2n) is 6.60. The number of carbonyl (C=O) groups excluding carboxylic acids is 1. The van der Waals surface area contributed by atoms with Crippen molar-refractivity contribution in [3.63, 3.8) is 0 Å². The molecule has 0 aliphatic carbocycles. The standard InChI is InChI=1S/C20H23Cl2N3O3/c1-24-6-8-25(9-7-24)17-5-4-14(21)12-16(17)23-20(26)13-10-15(22)19(28-3)18(11-13)27-2/h4-5,10-12H,6-9H2,1-3H3,(H,23,26). The van der Waals surface area contributed by atoms with Crippen LogP contribution >= 0.6 is 23.2 Å². The minimum absolute atomic E-state index is 0.303. The Labute approximate surface area is 174 Å². The van der Waals surface area contributed by atoms with E-state index in [2.05, 4.69) is 22.2 Å². The van der Waals surface area contributed by atoms with Gasteiger partial charge in [0.1, 0.15) is 0 Å². The number of nitrogens with one attached hydrogen (secondary N) is 1. The summed E-state index contributed by atoms with van der Waals surface area (Å²) in [6, 6.07) is 8.68. The van der Waals surface area contributed by atoms with Gasteiger partial charge in [-0.2, -0.15) is 0 Å². The highest BCUT2D eigenvalue weighted by molar-refractivity contribution is 6.33. The van der Waals surface area contributed by atoms with Crippen LogP contribution in [0.1, 0.15) is 10.4 Å². The average molecular weight is 424 g/mol. The molecule has 1 aliphatic rings. The molecular weight excluding hydrogens is 401 g/mol. The molecule has 2 aromatic rings. The third-order valence-corrected chi connectivity index (χ3v) is 5.26. The SMILES string of the molecule is COc1cc(C(=O)Nc2cc(Cl)ccc2N2CCN(C)CC2)cc(Cl)c1OC. The zero-order chi connectivity index (χ0) is 20.3. The van der Waals surface area contributed by atoms with Crippen LogP contribution in [0.4, 0.5) is 11.4 Å². The highest BCUT2D eigenvalue weighted by atomic mass is 35.5. The molecular formula is C20H23Cl2N3O3. The molecule has 1 fully saturated rings. The maximum Gasteiger partial charge on any atom is 0.255 e. The van der Waals surface area contributed by atoms with E-state index in [4.69, 9.17) is 32.7 Å². The summed E-state index contributed by atoms with van der Waals surface area (Å²) in [7, 11) is 5.10. The van der Waals surface area contributed by atoms with E-state index in [1.165, 1.54) is 14.2 Å². The number of benzene rings is 2. The predicted molar refractivity (Wildman–Crippen MR) is 114 cm³/mol. The lowest BCUT2D eigenvalue weighted by atomic mass is 10.1. The Morgan fingerprint density at radius 3 is 2.39 bits per heavy atom. The summed E-state index contributed by atoms with van der Waals surface area (Å²) in [5, 5.41) is 3.82. The largest absolute Gasteiger partial charge is 0.493 e. The summed E-state index contributed by atoms with van der Waals surface area (Å²) in [6.07, 6.45) is 0. The van der Waals surface area contributed by atoms with Crippen molar-refractivity contribution in [1.29, 1.82) is 0 Å². The van der Waals surface area contributed by atoms with Crippen molar-refractivity contribution in [2.75, 3.05) is 57.7 Å². The van der Waals surface area contributed by atoms with E-state index in [1.807, 2.05) is 12.1 Å². The molecule has 150 valence electrons. The molecule has 28 heavy (non-hydrogen) atoms. The Hall–Kier alpha value is -2.15. The van der Waals surface area contributed by atoms with Crippen LogP contribution in [0.15, 0.2) is 30.3 Å². The first kappa shape index (κ1) is 20.6. The first-order valence-corrected chi connectivity index (χ1v) is 9.64. The van der Waals surface area contributed by atoms with Crippen molar-refractivity contribution >= 4 is 40.5 Å². The van der Waals surface area contributed by atoms with Crippen LogP contribution in [0.25, 0.3) is 0 Å². The number of methoxy groups -OCH3 is 2. The zero-order valence-electron chi connectivity index (χ0n) is 16.1. The Balaban J connectivity index is 1.88. The van der Waals surface area contributed by atoms with Gasteiger partial charge in [0.15, 0.2) is 11.5 Å². The molecule has 0 bridgehead atoms. The Bertz CT molecular complexity index is 868. The van der Waals surface area contributed by atoms with Crippen LogP contribution in [0, 0.1) is 0 Å². The van der Waals surface area contributed by atoms with Crippen molar-refractivity contribution in [3.8, 4) is 11.5 Å².